The number of para-hydroxylation sites is 1. The maximum absolute atomic E-state index is 13.3. The van der Waals surface area contributed by atoms with Crippen LogP contribution in [0.4, 0.5) is 0 Å². The molecule has 4 heteroatoms. The highest BCUT2D eigenvalue weighted by Crippen LogP contribution is 2.30. The van der Waals surface area contributed by atoms with E-state index in [9.17, 15) is 9.90 Å². The van der Waals surface area contributed by atoms with Crippen molar-refractivity contribution in [3.8, 4) is 0 Å². The molecule has 0 saturated heterocycles. The smallest absolute Gasteiger partial charge is 0.254 e. The van der Waals surface area contributed by atoms with Gasteiger partial charge in [-0.3, -0.25) is 4.79 Å². The summed E-state index contributed by atoms with van der Waals surface area (Å²) in [5.41, 5.74) is 2.29. The van der Waals surface area contributed by atoms with Crippen molar-refractivity contribution < 1.29 is 14.3 Å². The summed E-state index contributed by atoms with van der Waals surface area (Å²) in [5, 5.41) is 11.4. The molecule has 3 aromatic rings. The number of aliphatic hydroxyl groups excluding tert-OH is 1. The van der Waals surface area contributed by atoms with Gasteiger partial charge in [-0.05, 0) is 43.0 Å². The summed E-state index contributed by atoms with van der Waals surface area (Å²) in [5.74, 6) is 0.386. The van der Waals surface area contributed by atoms with E-state index in [4.69, 9.17) is 4.42 Å². The molecule has 0 saturated carbocycles. The van der Waals surface area contributed by atoms with Gasteiger partial charge >= 0.3 is 0 Å². The van der Waals surface area contributed by atoms with Gasteiger partial charge in [-0.25, -0.2) is 0 Å². The van der Waals surface area contributed by atoms with E-state index in [2.05, 4.69) is 20.8 Å². The average molecular weight is 353 g/mol. The molecule has 1 aromatic heterocycles. The normalized spacial score (nSPS) is 12.8. The van der Waals surface area contributed by atoms with Crippen LogP contribution < -0.4 is 0 Å². The van der Waals surface area contributed by atoms with Crippen LogP contribution in [0.25, 0.3) is 21.9 Å². The predicted octanol–water partition coefficient (Wildman–Crippen LogP) is 4.85. The molecule has 0 aliphatic carbocycles. The molecular formula is C22H27NO3. The van der Waals surface area contributed by atoms with Gasteiger partial charge < -0.3 is 14.4 Å². The minimum absolute atomic E-state index is 0.0196. The van der Waals surface area contributed by atoms with Crippen molar-refractivity contribution in [1.29, 1.82) is 0 Å². The van der Waals surface area contributed by atoms with Gasteiger partial charge in [0.05, 0.1) is 0 Å². The molecule has 4 nitrogen and oxygen atoms in total. The highest BCUT2D eigenvalue weighted by molar-refractivity contribution is 6.08. The molecule has 1 heterocycles. The Morgan fingerprint density at radius 1 is 1.12 bits per heavy atom. The van der Waals surface area contributed by atoms with E-state index < -0.39 is 0 Å². The Hall–Kier alpha value is -2.33. The van der Waals surface area contributed by atoms with Gasteiger partial charge in [-0.2, -0.15) is 0 Å². The lowest BCUT2D eigenvalue weighted by molar-refractivity contribution is 0.0613. The second-order valence-corrected chi connectivity index (χ2v) is 7.23. The molecule has 2 aromatic carbocycles. The van der Waals surface area contributed by atoms with E-state index in [1.165, 1.54) is 0 Å². The van der Waals surface area contributed by atoms with Crippen LogP contribution in [-0.4, -0.2) is 35.1 Å². The maximum atomic E-state index is 13.3. The zero-order valence-electron chi connectivity index (χ0n) is 15.7. The third kappa shape index (κ3) is 3.61. The minimum Gasteiger partial charge on any atom is -0.456 e. The van der Waals surface area contributed by atoms with E-state index in [0.717, 1.165) is 28.4 Å². The molecule has 26 heavy (non-hydrogen) atoms. The van der Waals surface area contributed by atoms with Gasteiger partial charge in [-0.15, -0.1) is 0 Å². The summed E-state index contributed by atoms with van der Waals surface area (Å²) < 4.78 is 5.86. The number of furan rings is 1. The van der Waals surface area contributed by atoms with E-state index in [1.54, 1.807) is 0 Å². The first-order valence-electron chi connectivity index (χ1n) is 9.38. The molecule has 0 aliphatic heterocycles. The quantitative estimate of drug-likeness (QED) is 0.661. The first-order valence-corrected chi connectivity index (χ1v) is 9.38. The second-order valence-electron chi connectivity index (χ2n) is 7.23. The van der Waals surface area contributed by atoms with Crippen molar-refractivity contribution in [2.75, 3.05) is 13.2 Å². The fraction of sp³-hybridized carbons (Fsp3) is 0.409. The summed E-state index contributed by atoms with van der Waals surface area (Å²) in [6, 6.07) is 13.6. The van der Waals surface area contributed by atoms with Crippen LogP contribution in [0.3, 0.4) is 0 Å². The first-order chi connectivity index (χ1) is 12.5. The lowest BCUT2D eigenvalue weighted by atomic mass is 10.0. The van der Waals surface area contributed by atoms with E-state index in [-0.39, 0.29) is 18.6 Å². The highest BCUT2D eigenvalue weighted by Gasteiger charge is 2.24. The van der Waals surface area contributed by atoms with Crippen LogP contribution in [0.1, 0.15) is 44.0 Å². The third-order valence-electron chi connectivity index (χ3n) is 4.82. The van der Waals surface area contributed by atoms with Crippen molar-refractivity contribution in [1.82, 2.24) is 4.90 Å². The zero-order chi connectivity index (χ0) is 18.7. The number of nitrogens with zero attached hydrogens (tertiary/aromatic N) is 1. The Balaban J connectivity index is 2.01. The van der Waals surface area contributed by atoms with Crippen molar-refractivity contribution in [2.24, 2.45) is 5.92 Å². The van der Waals surface area contributed by atoms with Crippen molar-refractivity contribution >= 4 is 27.8 Å². The molecule has 3 rings (SSSR count). The summed E-state index contributed by atoms with van der Waals surface area (Å²) in [6.45, 7) is 7.05. The average Bonchev–Trinajstić information content (AvgIpc) is 3.01. The molecule has 0 bridgehead atoms. The fourth-order valence-corrected chi connectivity index (χ4v) is 3.55. The standard InChI is InChI=1S/C22H27NO3/c1-4-17(11-12-24)23(14-15(2)3)22(25)16-9-10-21-19(13-16)18-7-5-6-8-20(18)26-21/h5-10,13,15,17,24H,4,11-12,14H2,1-3H3. The van der Waals surface area contributed by atoms with Gasteiger partial charge in [0.25, 0.3) is 5.91 Å². The molecule has 0 radical (unpaired) electrons. The lowest BCUT2D eigenvalue weighted by Gasteiger charge is -2.32. The van der Waals surface area contributed by atoms with Crippen molar-refractivity contribution in [3.63, 3.8) is 0 Å². The van der Waals surface area contributed by atoms with Crippen molar-refractivity contribution in [3.05, 3.63) is 48.0 Å². The van der Waals surface area contributed by atoms with Gasteiger partial charge in [0.1, 0.15) is 11.2 Å². The minimum atomic E-state index is 0.0196. The van der Waals surface area contributed by atoms with Gasteiger partial charge in [-0.1, -0.05) is 39.0 Å². The SMILES string of the molecule is CCC(CCO)N(CC(C)C)C(=O)c1ccc2oc3ccccc3c2c1. The molecule has 1 N–H and O–H groups in total. The molecule has 1 atom stereocenters. The molecule has 0 aliphatic rings. The number of hydrogen-bond acceptors (Lipinski definition) is 3. The van der Waals surface area contributed by atoms with Gasteiger partial charge in [0.15, 0.2) is 0 Å². The molecule has 0 spiro atoms. The number of benzene rings is 2. The molecule has 1 amide bonds. The van der Waals surface area contributed by atoms with Gasteiger partial charge in [0, 0.05) is 35.5 Å². The van der Waals surface area contributed by atoms with E-state index >= 15 is 0 Å². The number of amides is 1. The van der Waals surface area contributed by atoms with Gasteiger partial charge in [0.2, 0.25) is 0 Å². The lowest BCUT2D eigenvalue weighted by Crippen LogP contribution is -2.42. The van der Waals surface area contributed by atoms with Crippen LogP contribution in [0, 0.1) is 5.92 Å². The Kier molecular flexibility index (Phi) is 5.62. The Labute approximate surface area is 154 Å². The number of aliphatic hydroxyl groups is 1. The van der Waals surface area contributed by atoms with Crippen LogP contribution in [-0.2, 0) is 0 Å². The fourth-order valence-electron chi connectivity index (χ4n) is 3.55. The number of fused-ring (bicyclic) bond motifs is 3. The monoisotopic (exact) mass is 353 g/mol. The first kappa shape index (κ1) is 18.5. The van der Waals surface area contributed by atoms with Crippen LogP contribution in [0.15, 0.2) is 46.9 Å². The molecule has 138 valence electrons. The molecule has 0 fully saturated rings. The second kappa shape index (κ2) is 7.92. The summed E-state index contributed by atoms with van der Waals surface area (Å²) in [4.78, 5) is 15.2. The Bertz CT molecular complexity index is 897. The van der Waals surface area contributed by atoms with Crippen LogP contribution >= 0.6 is 0 Å². The van der Waals surface area contributed by atoms with Crippen LogP contribution in [0.2, 0.25) is 0 Å². The summed E-state index contributed by atoms with van der Waals surface area (Å²) >= 11 is 0. The largest absolute Gasteiger partial charge is 0.456 e. The highest BCUT2D eigenvalue weighted by atomic mass is 16.3. The van der Waals surface area contributed by atoms with Crippen LogP contribution in [0.5, 0.6) is 0 Å². The Morgan fingerprint density at radius 2 is 1.85 bits per heavy atom. The number of hydrogen-bond donors (Lipinski definition) is 1. The maximum Gasteiger partial charge on any atom is 0.254 e. The van der Waals surface area contributed by atoms with E-state index in [0.29, 0.717) is 24.4 Å². The summed E-state index contributed by atoms with van der Waals surface area (Å²) in [6.07, 6.45) is 1.43. The zero-order valence-corrected chi connectivity index (χ0v) is 15.7. The van der Waals surface area contributed by atoms with Crippen molar-refractivity contribution in [2.45, 2.75) is 39.7 Å². The van der Waals surface area contributed by atoms with E-state index in [1.807, 2.05) is 47.4 Å². The molecule has 1 unspecified atom stereocenters. The topological polar surface area (TPSA) is 53.7 Å². The summed E-state index contributed by atoms with van der Waals surface area (Å²) in [7, 11) is 0. The number of carbonyl (C=O) groups excluding carboxylic acids is 1. The number of rotatable bonds is 7. The Morgan fingerprint density at radius 3 is 2.54 bits per heavy atom. The third-order valence-corrected chi connectivity index (χ3v) is 4.82. The molecular weight excluding hydrogens is 326 g/mol. The number of carbonyl (C=O) groups is 1. The predicted molar refractivity (Wildman–Crippen MR) is 105 cm³/mol.